The van der Waals surface area contributed by atoms with Crippen LogP contribution in [-0.2, 0) is 4.79 Å². The molecule has 0 fully saturated rings. The molecular weight excluding hydrogens is 192 g/mol. The second-order valence-electron chi connectivity index (χ2n) is 3.42. The van der Waals surface area contributed by atoms with Crippen LogP contribution in [0.1, 0.15) is 18.6 Å². The van der Waals surface area contributed by atoms with E-state index < -0.39 is 6.10 Å². The molecule has 0 aliphatic heterocycles. The van der Waals surface area contributed by atoms with Crippen LogP contribution in [0.2, 0.25) is 0 Å². The van der Waals surface area contributed by atoms with E-state index in [1.807, 2.05) is 30.3 Å². The normalized spacial score (nSPS) is 14.3. The molecule has 0 saturated heterocycles. The maximum atomic E-state index is 11.0. The van der Waals surface area contributed by atoms with Crippen LogP contribution in [0.25, 0.3) is 0 Å². The third-order valence-electron chi connectivity index (χ3n) is 2.19. The number of benzene rings is 1. The van der Waals surface area contributed by atoms with Crippen LogP contribution in [0.4, 0.5) is 0 Å². The lowest BCUT2D eigenvalue weighted by molar-refractivity contribution is -0.121. The lowest BCUT2D eigenvalue weighted by Crippen LogP contribution is -2.40. The number of hydrogen-bond acceptors (Lipinski definition) is 3. The molecule has 1 aromatic carbocycles. The van der Waals surface area contributed by atoms with Crippen molar-refractivity contribution in [3.63, 3.8) is 0 Å². The molecule has 0 spiro atoms. The Bertz CT molecular complexity index is 314. The summed E-state index contributed by atoms with van der Waals surface area (Å²) in [5.41, 5.74) is 5.95. The van der Waals surface area contributed by atoms with Crippen LogP contribution in [0.3, 0.4) is 0 Å². The summed E-state index contributed by atoms with van der Waals surface area (Å²) >= 11 is 0. The Morgan fingerprint density at radius 1 is 1.47 bits per heavy atom. The highest BCUT2D eigenvalue weighted by Gasteiger charge is 2.17. The Morgan fingerprint density at radius 3 is 2.60 bits per heavy atom. The fourth-order valence-corrected chi connectivity index (χ4v) is 1.33. The quantitative estimate of drug-likeness (QED) is 0.661. The van der Waals surface area contributed by atoms with Crippen molar-refractivity contribution in [1.29, 1.82) is 0 Å². The SMILES string of the molecule is CC(NC(=O)CN)C(O)c1ccccc1. The minimum atomic E-state index is -0.707. The number of nitrogens with two attached hydrogens (primary N) is 1. The number of carbonyl (C=O) groups excluding carboxylic acids is 1. The average molecular weight is 208 g/mol. The van der Waals surface area contributed by atoms with E-state index >= 15 is 0 Å². The highest BCUT2D eigenvalue weighted by molar-refractivity contribution is 5.78. The Labute approximate surface area is 89.1 Å². The van der Waals surface area contributed by atoms with E-state index in [0.717, 1.165) is 5.56 Å². The van der Waals surface area contributed by atoms with Gasteiger partial charge in [0, 0.05) is 0 Å². The van der Waals surface area contributed by atoms with Gasteiger partial charge in [-0.05, 0) is 12.5 Å². The van der Waals surface area contributed by atoms with Gasteiger partial charge in [-0.25, -0.2) is 0 Å². The molecule has 4 N–H and O–H groups in total. The number of carbonyl (C=O) groups is 1. The fraction of sp³-hybridized carbons (Fsp3) is 0.364. The summed E-state index contributed by atoms with van der Waals surface area (Å²) < 4.78 is 0. The first-order chi connectivity index (χ1) is 7.15. The van der Waals surface area contributed by atoms with E-state index in [4.69, 9.17) is 5.73 Å². The maximum absolute atomic E-state index is 11.0. The van der Waals surface area contributed by atoms with Crippen molar-refractivity contribution in [2.24, 2.45) is 5.73 Å². The average Bonchev–Trinajstić information content (AvgIpc) is 2.29. The highest BCUT2D eigenvalue weighted by Crippen LogP contribution is 2.15. The Hall–Kier alpha value is -1.39. The van der Waals surface area contributed by atoms with Gasteiger partial charge in [-0.15, -0.1) is 0 Å². The predicted octanol–water partition coefficient (Wildman–Crippen LogP) is 0.183. The van der Waals surface area contributed by atoms with E-state index in [2.05, 4.69) is 5.32 Å². The van der Waals surface area contributed by atoms with Gasteiger partial charge in [-0.1, -0.05) is 30.3 Å². The molecule has 4 heteroatoms. The van der Waals surface area contributed by atoms with Crippen LogP contribution < -0.4 is 11.1 Å². The van der Waals surface area contributed by atoms with Crippen molar-refractivity contribution in [2.45, 2.75) is 19.1 Å². The number of amides is 1. The minimum absolute atomic E-state index is 0.0636. The van der Waals surface area contributed by atoms with Crippen molar-refractivity contribution in [1.82, 2.24) is 5.32 Å². The lowest BCUT2D eigenvalue weighted by Gasteiger charge is -2.20. The Balaban J connectivity index is 2.61. The largest absolute Gasteiger partial charge is 0.386 e. The summed E-state index contributed by atoms with van der Waals surface area (Å²) in [5, 5.41) is 12.5. The highest BCUT2D eigenvalue weighted by atomic mass is 16.3. The number of aliphatic hydroxyl groups excluding tert-OH is 1. The smallest absolute Gasteiger partial charge is 0.234 e. The third-order valence-corrected chi connectivity index (χ3v) is 2.19. The summed E-state index contributed by atoms with van der Waals surface area (Å²) in [6.07, 6.45) is -0.707. The molecule has 0 heterocycles. The Morgan fingerprint density at radius 2 is 2.07 bits per heavy atom. The molecule has 0 saturated carbocycles. The van der Waals surface area contributed by atoms with Crippen molar-refractivity contribution < 1.29 is 9.90 Å². The van der Waals surface area contributed by atoms with E-state index in [0.29, 0.717) is 0 Å². The molecule has 0 aromatic heterocycles. The van der Waals surface area contributed by atoms with Crippen molar-refractivity contribution in [3.8, 4) is 0 Å². The molecule has 2 unspecified atom stereocenters. The van der Waals surface area contributed by atoms with Gasteiger partial charge in [0.1, 0.15) is 0 Å². The second-order valence-corrected chi connectivity index (χ2v) is 3.42. The van der Waals surface area contributed by atoms with Crippen molar-refractivity contribution in [2.75, 3.05) is 6.54 Å². The van der Waals surface area contributed by atoms with Gasteiger partial charge in [0.15, 0.2) is 0 Å². The molecule has 15 heavy (non-hydrogen) atoms. The lowest BCUT2D eigenvalue weighted by atomic mass is 10.0. The molecule has 0 bridgehead atoms. The van der Waals surface area contributed by atoms with Crippen molar-refractivity contribution in [3.05, 3.63) is 35.9 Å². The molecule has 0 aliphatic rings. The first kappa shape index (κ1) is 11.7. The van der Waals surface area contributed by atoms with Crippen LogP contribution in [0, 0.1) is 0 Å². The van der Waals surface area contributed by atoms with Gasteiger partial charge in [0.2, 0.25) is 5.91 Å². The number of hydrogen-bond donors (Lipinski definition) is 3. The van der Waals surface area contributed by atoms with Gasteiger partial charge < -0.3 is 16.2 Å². The molecule has 2 atom stereocenters. The van der Waals surface area contributed by atoms with Crippen LogP contribution in [0.15, 0.2) is 30.3 Å². The van der Waals surface area contributed by atoms with E-state index in [9.17, 15) is 9.90 Å². The second kappa shape index (κ2) is 5.48. The zero-order valence-electron chi connectivity index (χ0n) is 8.68. The van der Waals surface area contributed by atoms with Crippen LogP contribution in [0.5, 0.6) is 0 Å². The van der Waals surface area contributed by atoms with Crippen LogP contribution >= 0.6 is 0 Å². The number of aliphatic hydroxyl groups is 1. The molecule has 1 aromatic rings. The molecule has 1 amide bonds. The zero-order chi connectivity index (χ0) is 11.3. The van der Waals surface area contributed by atoms with Gasteiger partial charge in [0.25, 0.3) is 0 Å². The van der Waals surface area contributed by atoms with Gasteiger partial charge >= 0.3 is 0 Å². The van der Waals surface area contributed by atoms with Gasteiger partial charge in [0.05, 0.1) is 18.7 Å². The first-order valence-electron chi connectivity index (χ1n) is 4.87. The monoisotopic (exact) mass is 208 g/mol. The summed E-state index contributed by atoms with van der Waals surface area (Å²) in [4.78, 5) is 11.0. The fourth-order valence-electron chi connectivity index (χ4n) is 1.33. The maximum Gasteiger partial charge on any atom is 0.234 e. The number of nitrogens with one attached hydrogen (secondary N) is 1. The molecule has 1 rings (SSSR count). The molecule has 82 valence electrons. The molecule has 0 radical (unpaired) electrons. The summed E-state index contributed by atoms with van der Waals surface area (Å²) in [6.45, 7) is 1.68. The third kappa shape index (κ3) is 3.34. The molecular formula is C11H16N2O2. The summed E-state index contributed by atoms with van der Waals surface area (Å²) in [7, 11) is 0. The first-order valence-corrected chi connectivity index (χ1v) is 4.87. The Kier molecular flexibility index (Phi) is 4.27. The van der Waals surface area contributed by atoms with Crippen LogP contribution in [-0.4, -0.2) is 23.6 Å². The predicted molar refractivity (Wildman–Crippen MR) is 58.1 cm³/mol. The molecule has 4 nitrogen and oxygen atoms in total. The van der Waals surface area contributed by atoms with E-state index in [1.165, 1.54) is 0 Å². The summed E-state index contributed by atoms with van der Waals surface area (Å²) in [5.74, 6) is -0.266. The molecule has 0 aliphatic carbocycles. The van der Waals surface area contributed by atoms with E-state index in [1.54, 1.807) is 6.92 Å². The van der Waals surface area contributed by atoms with Gasteiger partial charge in [-0.2, -0.15) is 0 Å². The topological polar surface area (TPSA) is 75.4 Å². The standard InChI is InChI=1S/C11H16N2O2/c1-8(13-10(14)7-12)11(15)9-5-3-2-4-6-9/h2-6,8,11,15H,7,12H2,1H3,(H,13,14). The van der Waals surface area contributed by atoms with Crippen molar-refractivity contribution >= 4 is 5.91 Å². The minimum Gasteiger partial charge on any atom is -0.386 e. The number of rotatable bonds is 4. The van der Waals surface area contributed by atoms with E-state index in [-0.39, 0.29) is 18.5 Å². The zero-order valence-corrected chi connectivity index (χ0v) is 8.68. The van der Waals surface area contributed by atoms with Gasteiger partial charge in [-0.3, -0.25) is 4.79 Å². The summed E-state index contributed by atoms with van der Waals surface area (Å²) in [6, 6.07) is 8.85.